The van der Waals surface area contributed by atoms with Crippen LogP contribution in [0.3, 0.4) is 0 Å². The van der Waals surface area contributed by atoms with Gasteiger partial charge in [-0.05, 0) is 36.6 Å². The Morgan fingerprint density at radius 3 is 2.44 bits per heavy atom. The maximum atomic E-state index is 12.3. The van der Waals surface area contributed by atoms with E-state index in [-0.39, 0.29) is 17.7 Å². The molecular formula is C20H24N2O4S. The average Bonchev–Trinajstić information content (AvgIpc) is 3.03. The molecular weight excluding hydrogens is 364 g/mol. The quantitative estimate of drug-likeness (QED) is 0.761. The predicted octanol–water partition coefficient (Wildman–Crippen LogP) is 2.13. The molecule has 1 aliphatic heterocycles. The van der Waals surface area contributed by atoms with E-state index >= 15 is 0 Å². The molecule has 2 aromatic rings. The van der Waals surface area contributed by atoms with E-state index in [9.17, 15) is 13.2 Å². The Balaban J connectivity index is 1.51. The lowest BCUT2D eigenvalue weighted by Crippen LogP contribution is -2.37. The van der Waals surface area contributed by atoms with E-state index in [0.717, 1.165) is 16.9 Å². The molecule has 1 aliphatic rings. The number of sulfonamides is 1. The smallest absolute Gasteiger partial charge is 0.261 e. The van der Waals surface area contributed by atoms with Gasteiger partial charge in [-0.2, -0.15) is 0 Å². The summed E-state index contributed by atoms with van der Waals surface area (Å²) in [7, 11) is -3.35. The fourth-order valence-corrected chi connectivity index (χ4v) is 4.44. The highest BCUT2D eigenvalue weighted by Crippen LogP contribution is 2.28. The second-order valence-electron chi connectivity index (χ2n) is 6.98. The highest BCUT2D eigenvalue weighted by Gasteiger charge is 2.28. The third-order valence-electron chi connectivity index (χ3n) is 4.20. The first-order valence-corrected chi connectivity index (χ1v) is 10.6. The van der Waals surface area contributed by atoms with Crippen molar-refractivity contribution in [1.82, 2.24) is 10.0 Å². The van der Waals surface area contributed by atoms with Crippen molar-refractivity contribution in [2.24, 2.45) is 0 Å². The highest BCUT2D eigenvalue weighted by molar-refractivity contribution is 7.88. The van der Waals surface area contributed by atoms with Crippen LogP contribution in [-0.4, -0.2) is 26.5 Å². The number of nitrogens with one attached hydrogen (secondary N) is 2. The number of carbonyl (C=O) groups excluding carboxylic acids is 1. The van der Waals surface area contributed by atoms with Crippen molar-refractivity contribution in [3.05, 3.63) is 65.2 Å². The minimum absolute atomic E-state index is 0.0635. The zero-order chi connectivity index (χ0) is 19.4. The summed E-state index contributed by atoms with van der Waals surface area (Å²) in [6, 6.07) is 14.7. The first-order chi connectivity index (χ1) is 12.8. The van der Waals surface area contributed by atoms with E-state index in [1.165, 1.54) is 0 Å². The molecule has 2 aromatic carbocycles. The van der Waals surface area contributed by atoms with Crippen LogP contribution in [0.2, 0.25) is 0 Å². The van der Waals surface area contributed by atoms with Crippen LogP contribution in [0.15, 0.2) is 48.5 Å². The molecule has 6 nitrogen and oxygen atoms in total. The molecule has 0 saturated heterocycles. The molecule has 1 amide bonds. The lowest BCUT2D eigenvalue weighted by Gasteiger charge is -2.12. The van der Waals surface area contributed by atoms with Crippen LogP contribution in [0.4, 0.5) is 0 Å². The summed E-state index contributed by atoms with van der Waals surface area (Å²) in [4.78, 5) is 12.3. The van der Waals surface area contributed by atoms with Crippen molar-refractivity contribution in [1.29, 1.82) is 0 Å². The predicted molar refractivity (Wildman–Crippen MR) is 104 cm³/mol. The zero-order valence-electron chi connectivity index (χ0n) is 15.4. The van der Waals surface area contributed by atoms with Gasteiger partial charge in [0.05, 0.1) is 5.75 Å². The van der Waals surface area contributed by atoms with Gasteiger partial charge >= 0.3 is 0 Å². The Kier molecular flexibility index (Phi) is 5.82. The number of rotatable bonds is 7. The van der Waals surface area contributed by atoms with Crippen LogP contribution in [0, 0.1) is 0 Å². The lowest BCUT2D eigenvalue weighted by atomic mass is 10.1. The van der Waals surface area contributed by atoms with Gasteiger partial charge in [0.25, 0.3) is 5.91 Å². The third-order valence-corrected chi connectivity index (χ3v) is 5.75. The Bertz CT molecular complexity index is 883. The van der Waals surface area contributed by atoms with E-state index in [1.54, 1.807) is 26.0 Å². The van der Waals surface area contributed by atoms with Gasteiger partial charge in [-0.1, -0.05) is 42.5 Å². The van der Waals surface area contributed by atoms with Crippen LogP contribution < -0.4 is 14.8 Å². The Morgan fingerprint density at radius 2 is 1.78 bits per heavy atom. The molecule has 1 heterocycles. The second kappa shape index (κ2) is 8.10. The summed E-state index contributed by atoms with van der Waals surface area (Å²) in [6.07, 6.45) is 0.0655. The minimum atomic E-state index is -3.35. The number of benzene rings is 2. The van der Waals surface area contributed by atoms with Gasteiger partial charge in [-0.3, -0.25) is 4.79 Å². The molecule has 1 atom stereocenters. The highest BCUT2D eigenvalue weighted by atomic mass is 32.2. The van der Waals surface area contributed by atoms with E-state index in [0.29, 0.717) is 18.5 Å². The summed E-state index contributed by atoms with van der Waals surface area (Å²) < 4.78 is 32.2. The molecule has 7 heteroatoms. The molecule has 3 rings (SSSR count). The second-order valence-corrected chi connectivity index (χ2v) is 8.74. The van der Waals surface area contributed by atoms with Gasteiger partial charge < -0.3 is 10.1 Å². The standard InChI is InChI=1S/C20H24N2O4S/c1-14(2)22-27(24,25)13-16-9-7-15(8-10-16)12-21-20(23)19-11-17-5-3-4-6-18(17)26-19/h3-10,14,19,22H,11-13H2,1-2H3,(H,21,23)/t19-/m1/s1. The van der Waals surface area contributed by atoms with E-state index in [4.69, 9.17) is 4.74 Å². The van der Waals surface area contributed by atoms with Crippen LogP contribution in [0.5, 0.6) is 5.75 Å². The summed E-state index contributed by atoms with van der Waals surface area (Å²) in [5.41, 5.74) is 2.64. The molecule has 0 bridgehead atoms. The van der Waals surface area contributed by atoms with Gasteiger partial charge in [-0.25, -0.2) is 13.1 Å². The van der Waals surface area contributed by atoms with E-state index in [1.807, 2.05) is 36.4 Å². The van der Waals surface area contributed by atoms with E-state index in [2.05, 4.69) is 10.0 Å². The van der Waals surface area contributed by atoms with Gasteiger partial charge in [0.15, 0.2) is 6.10 Å². The third kappa shape index (κ3) is 5.30. The van der Waals surface area contributed by atoms with E-state index < -0.39 is 16.1 Å². The maximum absolute atomic E-state index is 12.3. The van der Waals surface area contributed by atoms with Crippen molar-refractivity contribution >= 4 is 15.9 Å². The molecule has 27 heavy (non-hydrogen) atoms. The molecule has 2 N–H and O–H groups in total. The minimum Gasteiger partial charge on any atom is -0.480 e. The van der Waals surface area contributed by atoms with Crippen molar-refractivity contribution in [2.75, 3.05) is 0 Å². The van der Waals surface area contributed by atoms with Crippen LogP contribution >= 0.6 is 0 Å². The first-order valence-electron chi connectivity index (χ1n) is 8.92. The van der Waals surface area contributed by atoms with Gasteiger partial charge in [0, 0.05) is 19.0 Å². The Labute approximate surface area is 160 Å². The topological polar surface area (TPSA) is 84.5 Å². The number of hydrogen-bond acceptors (Lipinski definition) is 4. The van der Waals surface area contributed by atoms with Crippen LogP contribution in [-0.2, 0) is 33.5 Å². The molecule has 0 saturated carbocycles. The largest absolute Gasteiger partial charge is 0.480 e. The summed E-state index contributed by atoms with van der Waals surface area (Å²) >= 11 is 0. The van der Waals surface area contributed by atoms with Crippen molar-refractivity contribution in [2.45, 2.75) is 44.7 Å². The first kappa shape index (κ1) is 19.4. The van der Waals surface area contributed by atoms with Crippen molar-refractivity contribution < 1.29 is 17.9 Å². The molecule has 0 spiro atoms. The van der Waals surface area contributed by atoms with Gasteiger partial charge in [0.1, 0.15) is 5.75 Å². The molecule has 0 aromatic heterocycles. The number of carbonyl (C=O) groups is 1. The number of ether oxygens (including phenoxy) is 1. The summed E-state index contributed by atoms with van der Waals surface area (Å²) in [5.74, 6) is 0.545. The fraction of sp³-hybridized carbons (Fsp3) is 0.350. The molecule has 0 unspecified atom stereocenters. The number of hydrogen-bond donors (Lipinski definition) is 2. The maximum Gasteiger partial charge on any atom is 0.261 e. The monoisotopic (exact) mass is 388 g/mol. The number of amides is 1. The summed E-state index contributed by atoms with van der Waals surface area (Å²) in [6.45, 7) is 3.94. The normalized spacial score (nSPS) is 16.0. The molecule has 0 radical (unpaired) electrons. The number of para-hydroxylation sites is 1. The van der Waals surface area contributed by atoms with Crippen molar-refractivity contribution in [3.8, 4) is 5.75 Å². The summed E-state index contributed by atoms with van der Waals surface area (Å²) in [5, 5.41) is 2.88. The molecule has 144 valence electrons. The molecule has 0 aliphatic carbocycles. The zero-order valence-corrected chi connectivity index (χ0v) is 16.3. The van der Waals surface area contributed by atoms with Gasteiger partial charge in [-0.15, -0.1) is 0 Å². The Hall–Kier alpha value is -2.38. The van der Waals surface area contributed by atoms with Crippen molar-refractivity contribution in [3.63, 3.8) is 0 Å². The Morgan fingerprint density at radius 1 is 1.11 bits per heavy atom. The lowest BCUT2D eigenvalue weighted by molar-refractivity contribution is -0.127. The average molecular weight is 388 g/mol. The molecule has 0 fully saturated rings. The number of fused-ring (bicyclic) bond motifs is 1. The SMILES string of the molecule is CC(C)NS(=O)(=O)Cc1ccc(CNC(=O)[C@H]2Cc3ccccc3O2)cc1. The van der Waals surface area contributed by atoms with Crippen LogP contribution in [0.1, 0.15) is 30.5 Å². The van der Waals surface area contributed by atoms with Crippen LogP contribution in [0.25, 0.3) is 0 Å². The fourth-order valence-electron chi connectivity index (χ4n) is 3.00. The van der Waals surface area contributed by atoms with Gasteiger partial charge in [0.2, 0.25) is 10.0 Å².